The molecule has 0 bridgehead atoms. The first-order chi connectivity index (χ1) is 34.4. The first-order valence-corrected chi connectivity index (χ1v) is 25.0. The van der Waals surface area contributed by atoms with Crippen LogP contribution in [-0.4, -0.2) is 6.04 Å². The average molecular weight is 900 g/mol. The van der Waals surface area contributed by atoms with Gasteiger partial charge in [0.2, 0.25) is 0 Å². The zero-order valence-electron chi connectivity index (χ0n) is 40.2. The fourth-order valence-electron chi connectivity index (χ4n) is 12.1. The van der Waals surface area contributed by atoms with Crippen LogP contribution in [0.25, 0.3) is 38.6 Å². The molecule has 338 valence electrons. The summed E-state index contributed by atoms with van der Waals surface area (Å²) in [5.74, 6) is 0.542. The van der Waals surface area contributed by atoms with E-state index in [1.165, 1.54) is 83.2 Å². The van der Waals surface area contributed by atoms with Gasteiger partial charge >= 0.3 is 0 Å². The van der Waals surface area contributed by atoms with E-state index in [9.17, 15) is 0 Å². The number of nitrogens with zero attached hydrogens (tertiary/aromatic N) is 1. The van der Waals surface area contributed by atoms with E-state index < -0.39 is 0 Å². The minimum absolute atomic E-state index is 0.00930. The Balaban J connectivity index is 1.01. The van der Waals surface area contributed by atoms with Crippen molar-refractivity contribution in [2.75, 3.05) is 4.90 Å². The van der Waals surface area contributed by atoms with E-state index in [1.807, 2.05) is 0 Å². The second kappa shape index (κ2) is 17.8. The lowest BCUT2D eigenvalue weighted by Gasteiger charge is -2.39. The van der Waals surface area contributed by atoms with Gasteiger partial charge in [-0.3, -0.25) is 0 Å². The highest BCUT2D eigenvalue weighted by Gasteiger charge is 2.53. The van der Waals surface area contributed by atoms with E-state index in [1.54, 1.807) is 0 Å². The molecule has 3 aliphatic carbocycles. The van der Waals surface area contributed by atoms with Crippen molar-refractivity contribution < 1.29 is 0 Å². The van der Waals surface area contributed by atoms with Crippen molar-refractivity contribution in [1.82, 2.24) is 0 Å². The van der Waals surface area contributed by atoms with E-state index in [4.69, 9.17) is 0 Å². The van der Waals surface area contributed by atoms with Crippen LogP contribution in [0.4, 0.5) is 11.4 Å². The normalized spacial score (nSPS) is 18.8. The van der Waals surface area contributed by atoms with Gasteiger partial charge in [-0.15, -0.1) is 0 Å². The van der Waals surface area contributed by atoms with Gasteiger partial charge in [-0.2, -0.15) is 0 Å². The van der Waals surface area contributed by atoms with Gasteiger partial charge in [0.1, 0.15) is 0 Å². The number of rotatable bonds is 9. The lowest BCUT2D eigenvalue weighted by Crippen LogP contribution is -2.35. The molecule has 1 heteroatoms. The summed E-state index contributed by atoms with van der Waals surface area (Å²) in [4.78, 5) is 2.61. The van der Waals surface area contributed by atoms with Crippen LogP contribution in [-0.2, 0) is 10.8 Å². The second-order valence-electron chi connectivity index (χ2n) is 20.3. The largest absolute Gasteiger partial charge is 0.333 e. The molecule has 0 radical (unpaired) electrons. The molecule has 0 saturated heterocycles. The molecular formula is C69H57N. The molecule has 0 amide bonds. The summed E-state index contributed by atoms with van der Waals surface area (Å²) in [7, 11) is 0. The molecular weight excluding hydrogens is 843 g/mol. The molecule has 0 aliphatic heterocycles. The molecule has 9 aromatic rings. The smallest absolute Gasteiger partial charge is 0.0628 e. The van der Waals surface area contributed by atoms with Crippen LogP contribution >= 0.6 is 0 Å². The van der Waals surface area contributed by atoms with Gasteiger partial charge < -0.3 is 4.90 Å². The van der Waals surface area contributed by atoms with E-state index >= 15 is 0 Å². The third-order valence-corrected chi connectivity index (χ3v) is 15.4. The highest BCUT2D eigenvalue weighted by atomic mass is 15.2. The van der Waals surface area contributed by atoms with Crippen molar-refractivity contribution in [1.29, 1.82) is 0 Å². The third-order valence-electron chi connectivity index (χ3n) is 15.4. The van der Waals surface area contributed by atoms with Crippen molar-refractivity contribution in [2.24, 2.45) is 5.92 Å². The van der Waals surface area contributed by atoms with Gasteiger partial charge in [-0.05, 0) is 95.6 Å². The molecule has 4 atom stereocenters. The van der Waals surface area contributed by atoms with Gasteiger partial charge in [-0.25, -0.2) is 0 Å². The fourth-order valence-corrected chi connectivity index (χ4v) is 12.1. The molecule has 12 rings (SSSR count). The molecule has 0 aromatic heterocycles. The monoisotopic (exact) mass is 899 g/mol. The number of fused-ring (bicyclic) bond motifs is 4. The molecule has 4 unspecified atom stereocenters. The van der Waals surface area contributed by atoms with E-state index in [0.29, 0.717) is 0 Å². The van der Waals surface area contributed by atoms with Crippen LogP contribution in [0.2, 0.25) is 0 Å². The lowest BCUT2D eigenvalue weighted by atomic mass is 9.62. The maximum atomic E-state index is 2.61. The fraction of sp³-hybridized carbons (Fsp3) is 0.130. The Bertz CT molecular complexity index is 3410. The molecule has 0 heterocycles. The quantitative estimate of drug-likeness (QED) is 0.140. The van der Waals surface area contributed by atoms with E-state index in [0.717, 1.165) is 5.69 Å². The Morgan fingerprint density at radius 3 is 1.76 bits per heavy atom. The summed E-state index contributed by atoms with van der Waals surface area (Å²) in [6.45, 7) is 6.88. The third kappa shape index (κ3) is 7.40. The Morgan fingerprint density at radius 1 is 0.457 bits per heavy atom. The maximum Gasteiger partial charge on any atom is 0.0628 e. The molecule has 0 N–H and O–H groups in total. The van der Waals surface area contributed by atoms with E-state index in [2.05, 4.69) is 293 Å². The predicted molar refractivity (Wildman–Crippen MR) is 296 cm³/mol. The number of hydrogen-bond donors (Lipinski definition) is 0. The van der Waals surface area contributed by atoms with Crippen LogP contribution in [0.5, 0.6) is 0 Å². The number of anilines is 2. The molecule has 0 fully saturated rings. The Hall–Kier alpha value is -8.00. The topological polar surface area (TPSA) is 3.24 Å². The summed E-state index contributed by atoms with van der Waals surface area (Å²) in [6.07, 6.45) is 16.7. The lowest BCUT2D eigenvalue weighted by molar-refractivity contribution is 0.458. The molecule has 0 saturated carbocycles. The van der Waals surface area contributed by atoms with Gasteiger partial charge in [0.05, 0.1) is 11.5 Å². The van der Waals surface area contributed by atoms with E-state index in [-0.39, 0.29) is 34.6 Å². The molecule has 0 spiro atoms. The van der Waals surface area contributed by atoms with Crippen molar-refractivity contribution >= 4 is 27.7 Å². The highest BCUT2D eigenvalue weighted by molar-refractivity contribution is 6.08. The minimum Gasteiger partial charge on any atom is -0.333 e. The van der Waals surface area contributed by atoms with Crippen molar-refractivity contribution in [3.8, 4) is 22.3 Å². The highest BCUT2D eigenvalue weighted by Crippen LogP contribution is 2.60. The minimum atomic E-state index is -0.344. The van der Waals surface area contributed by atoms with Crippen LogP contribution in [0, 0.1) is 5.92 Å². The predicted octanol–water partition coefficient (Wildman–Crippen LogP) is 17.6. The Morgan fingerprint density at radius 2 is 1.06 bits per heavy atom. The number of hydrogen-bond acceptors (Lipinski definition) is 1. The summed E-state index contributed by atoms with van der Waals surface area (Å²) >= 11 is 0. The molecule has 70 heavy (non-hydrogen) atoms. The molecule has 9 aromatic carbocycles. The van der Waals surface area contributed by atoms with Crippen LogP contribution in [0.1, 0.15) is 71.6 Å². The molecule has 1 nitrogen and oxygen atoms in total. The van der Waals surface area contributed by atoms with Crippen molar-refractivity contribution in [3.05, 3.63) is 306 Å². The van der Waals surface area contributed by atoms with Gasteiger partial charge in [0, 0.05) is 34.7 Å². The summed E-state index contributed by atoms with van der Waals surface area (Å²) < 4.78 is 0. The maximum absolute atomic E-state index is 2.61. The zero-order valence-corrected chi connectivity index (χ0v) is 40.2. The first-order valence-electron chi connectivity index (χ1n) is 25.0. The SMILES string of the molecule is CC(C)(C)c1ccc(C2C=CC=CC2N(c2ccc(C3=CC4C(C=C3)c3ccccc3C4(c3ccccc3)c3ccccc3)cc2)c2ccccc2-c2cccc3cccc(-c4ccccc4)c23)cc1. The van der Waals surface area contributed by atoms with Gasteiger partial charge in [-0.1, -0.05) is 270 Å². The average Bonchev–Trinajstić information content (AvgIpc) is 3.72. The number of allylic oxidation sites excluding steroid dienone is 6. The van der Waals surface area contributed by atoms with Gasteiger partial charge in [0.25, 0.3) is 0 Å². The van der Waals surface area contributed by atoms with Crippen molar-refractivity contribution in [2.45, 2.75) is 49.5 Å². The summed E-state index contributed by atoms with van der Waals surface area (Å²) in [5.41, 5.74) is 17.5. The summed E-state index contributed by atoms with van der Waals surface area (Å²) in [6, 6.07) is 83.8. The first kappa shape index (κ1) is 43.3. The standard InChI is InChI=1S/C69H57N/c1-68(2,3)53-42-37-50(38-43-53)57-29-14-17-35-65(57)70(66-36-18-15-31-61(66)62-33-20-24-51-23-19-32-58(67(51)62)49-21-7-4-8-22-49)56-44-39-48(40-45-56)52-41-46-60-59-30-13-16-34-63(59)69(64(60)47-52,54-25-9-5-10-26-54)55-27-11-6-12-28-55/h4-47,57,60,64-65H,1-3H3. The van der Waals surface area contributed by atoms with Gasteiger partial charge in [0.15, 0.2) is 0 Å². The van der Waals surface area contributed by atoms with Crippen LogP contribution < -0.4 is 4.90 Å². The van der Waals surface area contributed by atoms with Crippen LogP contribution in [0.15, 0.2) is 267 Å². The second-order valence-corrected chi connectivity index (χ2v) is 20.3. The Labute approximate surface area is 414 Å². The zero-order chi connectivity index (χ0) is 47.2. The van der Waals surface area contributed by atoms with Crippen molar-refractivity contribution in [3.63, 3.8) is 0 Å². The van der Waals surface area contributed by atoms with Crippen LogP contribution in [0.3, 0.4) is 0 Å². The Kier molecular flexibility index (Phi) is 11.0. The number of para-hydroxylation sites is 1. The summed E-state index contributed by atoms with van der Waals surface area (Å²) in [5, 5.41) is 2.49. The number of benzene rings is 9. The molecule has 3 aliphatic rings.